The molecule has 0 heterocycles. The van der Waals surface area contributed by atoms with Crippen molar-refractivity contribution in [2.24, 2.45) is 5.73 Å². The van der Waals surface area contributed by atoms with Gasteiger partial charge in [-0.2, -0.15) is 0 Å². The minimum atomic E-state index is -0.707. The van der Waals surface area contributed by atoms with Crippen molar-refractivity contribution in [3.63, 3.8) is 0 Å². The van der Waals surface area contributed by atoms with E-state index in [4.69, 9.17) is 5.73 Å². The molecule has 0 radical (unpaired) electrons. The monoisotopic (exact) mass is 236 g/mol. The quantitative estimate of drug-likeness (QED) is 0.842. The maximum Gasteiger partial charge on any atom is 0.240 e. The van der Waals surface area contributed by atoms with Gasteiger partial charge in [0.05, 0.1) is 11.6 Å². The van der Waals surface area contributed by atoms with Crippen LogP contribution in [0.4, 0.5) is 4.39 Å². The van der Waals surface area contributed by atoms with E-state index >= 15 is 0 Å². The molecule has 0 saturated heterocycles. The number of rotatable bonds is 3. The largest absolute Gasteiger partial charge is 0.348 e. The lowest BCUT2D eigenvalue weighted by Gasteiger charge is -2.37. The molecule has 1 aromatic rings. The number of hydrogen-bond acceptors (Lipinski definition) is 2. The molecule has 1 saturated carbocycles. The van der Waals surface area contributed by atoms with Gasteiger partial charge in [0.1, 0.15) is 5.82 Å². The highest BCUT2D eigenvalue weighted by molar-refractivity contribution is 5.87. The Morgan fingerprint density at radius 3 is 2.76 bits per heavy atom. The molecule has 0 unspecified atom stereocenters. The maximum absolute atomic E-state index is 13.0. The van der Waals surface area contributed by atoms with Gasteiger partial charge in [-0.25, -0.2) is 4.39 Å². The number of hydrogen-bond donors (Lipinski definition) is 2. The first kappa shape index (κ1) is 12.0. The highest BCUT2D eigenvalue weighted by Gasteiger charge is 2.40. The lowest BCUT2D eigenvalue weighted by molar-refractivity contribution is -0.129. The third kappa shape index (κ3) is 2.47. The van der Waals surface area contributed by atoms with E-state index < -0.39 is 5.54 Å². The number of nitrogens with one attached hydrogen (secondary N) is 1. The summed E-state index contributed by atoms with van der Waals surface area (Å²) in [4.78, 5) is 11.9. The lowest BCUT2D eigenvalue weighted by Crippen LogP contribution is -2.58. The average molecular weight is 236 g/mol. The number of carbonyl (C=O) groups is 1. The Balaban J connectivity index is 2.01. The van der Waals surface area contributed by atoms with Crippen molar-refractivity contribution in [2.45, 2.75) is 37.8 Å². The van der Waals surface area contributed by atoms with Gasteiger partial charge in [-0.15, -0.1) is 0 Å². The zero-order valence-corrected chi connectivity index (χ0v) is 9.87. The molecule has 92 valence electrons. The molecular formula is C13H17FN2O. The normalized spacial score (nSPS) is 19.2. The van der Waals surface area contributed by atoms with Gasteiger partial charge in [0.15, 0.2) is 0 Å². The van der Waals surface area contributed by atoms with Gasteiger partial charge in [-0.1, -0.05) is 12.1 Å². The van der Waals surface area contributed by atoms with Gasteiger partial charge < -0.3 is 11.1 Å². The number of amides is 1. The van der Waals surface area contributed by atoms with Gasteiger partial charge >= 0.3 is 0 Å². The van der Waals surface area contributed by atoms with Crippen LogP contribution < -0.4 is 11.1 Å². The van der Waals surface area contributed by atoms with Crippen molar-refractivity contribution < 1.29 is 9.18 Å². The van der Waals surface area contributed by atoms with Crippen molar-refractivity contribution >= 4 is 5.91 Å². The van der Waals surface area contributed by atoms with Crippen molar-refractivity contribution in [3.05, 3.63) is 35.6 Å². The fourth-order valence-corrected chi connectivity index (χ4v) is 1.98. The van der Waals surface area contributed by atoms with E-state index in [2.05, 4.69) is 5.32 Å². The molecule has 4 heteroatoms. The molecule has 1 fully saturated rings. The average Bonchev–Trinajstić information content (AvgIpc) is 2.25. The van der Waals surface area contributed by atoms with E-state index in [9.17, 15) is 9.18 Å². The number of carbonyl (C=O) groups excluding carboxylic acids is 1. The maximum atomic E-state index is 13.0. The summed E-state index contributed by atoms with van der Waals surface area (Å²) in [5.41, 5.74) is 5.96. The van der Waals surface area contributed by atoms with Gasteiger partial charge in [-0.3, -0.25) is 4.79 Å². The summed E-state index contributed by atoms with van der Waals surface area (Å²) in [6.07, 6.45) is 2.46. The number of nitrogens with two attached hydrogens (primary N) is 1. The lowest BCUT2D eigenvalue weighted by atomic mass is 9.77. The number of halogens is 1. The minimum Gasteiger partial charge on any atom is -0.348 e. The minimum absolute atomic E-state index is 0.138. The highest BCUT2D eigenvalue weighted by Crippen LogP contribution is 2.29. The zero-order chi connectivity index (χ0) is 12.5. The first-order valence-electron chi connectivity index (χ1n) is 5.86. The summed E-state index contributed by atoms with van der Waals surface area (Å²) in [7, 11) is 0. The molecule has 17 heavy (non-hydrogen) atoms. The summed E-state index contributed by atoms with van der Waals surface area (Å²) in [6, 6.07) is 6.01. The summed E-state index contributed by atoms with van der Waals surface area (Å²) >= 11 is 0. The van der Waals surface area contributed by atoms with E-state index in [0.717, 1.165) is 24.8 Å². The topological polar surface area (TPSA) is 55.1 Å². The molecular weight excluding hydrogens is 219 g/mol. The Hall–Kier alpha value is -1.42. The summed E-state index contributed by atoms with van der Waals surface area (Å²) in [6.45, 7) is 1.83. The van der Waals surface area contributed by atoms with Crippen LogP contribution in [0.5, 0.6) is 0 Å². The summed E-state index contributed by atoms with van der Waals surface area (Å²) in [5, 5.41) is 2.84. The van der Waals surface area contributed by atoms with E-state index in [1.807, 2.05) is 6.92 Å². The molecule has 0 aliphatic heterocycles. The predicted octanol–water partition coefficient (Wildman–Crippen LogP) is 1.88. The molecule has 0 spiro atoms. The number of benzene rings is 1. The van der Waals surface area contributed by atoms with Crippen molar-refractivity contribution in [2.75, 3.05) is 0 Å². The van der Waals surface area contributed by atoms with Crippen LogP contribution in [-0.4, -0.2) is 11.4 Å². The second kappa shape index (κ2) is 4.45. The molecule has 0 aromatic heterocycles. The standard InChI is InChI=1S/C13H17FN2O/c1-9(10-4-2-5-11(14)8-10)16-12(17)13(15)6-3-7-13/h2,4-5,8-9H,3,6-7,15H2,1H3,(H,16,17)/t9-/m1/s1. The zero-order valence-electron chi connectivity index (χ0n) is 9.87. The SMILES string of the molecule is C[C@@H](NC(=O)C1(N)CCC1)c1cccc(F)c1. The van der Waals surface area contributed by atoms with Crippen LogP contribution in [0.3, 0.4) is 0 Å². The van der Waals surface area contributed by atoms with E-state index in [-0.39, 0.29) is 17.8 Å². The molecule has 3 nitrogen and oxygen atoms in total. The second-order valence-corrected chi connectivity index (χ2v) is 4.76. The van der Waals surface area contributed by atoms with E-state index in [1.54, 1.807) is 12.1 Å². The van der Waals surface area contributed by atoms with Gasteiger partial charge in [0, 0.05) is 0 Å². The molecule has 3 N–H and O–H groups in total. The fourth-order valence-electron chi connectivity index (χ4n) is 1.98. The van der Waals surface area contributed by atoms with Crippen LogP contribution in [0, 0.1) is 5.82 Å². The Labute approximate surface area is 100 Å². The molecule has 1 aliphatic rings. The van der Waals surface area contributed by atoms with Gasteiger partial charge in [-0.05, 0) is 43.9 Å². The molecule has 0 bridgehead atoms. The summed E-state index contributed by atoms with van der Waals surface area (Å²) in [5.74, 6) is -0.435. The van der Waals surface area contributed by atoms with Crippen molar-refractivity contribution in [1.29, 1.82) is 0 Å². The first-order valence-corrected chi connectivity index (χ1v) is 5.86. The Kier molecular flexibility index (Phi) is 3.15. The predicted molar refractivity (Wildman–Crippen MR) is 63.7 cm³/mol. The fraction of sp³-hybridized carbons (Fsp3) is 0.462. The molecule has 1 aromatic carbocycles. The van der Waals surface area contributed by atoms with Crippen LogP contribution in [0.25, 0.3) is 0 Å². The van der Waals surface area contributed by atoms with Crippen molar-refractivity contribution in [3.8, 4) is 0 Å². The smallest absolute Gasteiger partial charge is 0.240 e. The van der Waals surface area contributed by atoms with Crippen LogP contribution in [0.15, 0.2) is 24.3 Å². The van der Waals surface area contributed by atoms with Crippen LogP contribution in [-0.2, 0) is 4.79 Å². The van der Waals surface area contributed by atoms with Crippen molar-refractivity contribution in [1.82, 2.24) is 5.32 Å². The van der Waals surface area contributed by atoms with Crippen LogP contribution in [0.2, 0.25) is 0 Å². The molecule has 1 amide bonds. The Bertz CT molecular complexity index is 429. The van der Waals surface area contributed by atoms with Crippen LogP contribution >= 0.6 is 0 Å². The third-order valence-electron chi connectivity index (χ3n) is 3.39. The Morgan fingerprint density at radius 1 is 1.53 bits per heavy atom. The third-order valence-corrected chi connectivity index (χ3v) is 3.39. The molecule has 1 atom stereocenters. The van der Waals surface area contributed by atoms with Crippen LogP contribution in [0.1, 0.15) is 37.8 Å². The first-order chi connectivity index (χ1) is 8.01. The molecule has 2 rings (SSSR count). The highest BCUT2D eigenvalue weighted by atomic mass is 19.1. The second-order valence-electron chi connectivity index (χ2n) is 4.76. The molecule has 1 aliphatic carbocycles. The van der Waals surface area contributed by atoms with E-state index in [1.165, 1.54) is 12.1 Å². The van der Waals surface area contributed by atoms with Gasteiger partial charge in [0.2, 0.25) is 5.91 Å². The summed E-state index contributed by atoms with van der Waals surface area (Å²) < 4.78 is 13.0. The Morgan fingerprint density at radius 2 is 2.24 bits per heavy atom. The van der Waals surface area contributed by atoms with Gasteiger partial charge in [0.25, 0.3) is 0 Å². The van der Waals surface area contributed by atoms with E-state index in [0.29, 0.717) is 0 Å².